The SMILES string of the molecule is CC(C)(C(=O)NCC1=CCNCC1)c1ccc(F)cc1. The number of amides is 1. The van der Waals surface area contributed by atoms with Gasteiger partial charge in [0, 0.05) is 13.1 Å². The van der Waals surface area contributed by atoms with Gasteiger partial charge in [0.05, 0.1) is 5.41 Å². The molecule has 0 fully saturated rings. The van der Waals surface area contributed by atoms with E-state index in [9.17, 15) is 9.18 Å². The molecule has 2 N–H and O–H groups in total. The molecule has 1 amide bonds. The van der Waals surface area contributed by atoms with Gasteiger partial charge in [0.15, 0.2) is 0 Å². The minimum Gasteiger partial charge on any atom is -0.352 e. The van der Waals surface area contributed by atoms with Gasteiger partial charge in [-0.05, 0) is 44.5 Å². The van der Waals surface area contributed by atoms with Crippen LogP contribution in [0.2, 0.25) is 0 Å². The Bertz CT molecular complexity index is 506. The van der Waals surface area contributed by atoms with Crippen LogP contribution in [0.15, 0.2) is 35.9 Å². The first-order valence-corrected chi connectivity index (χ1v) is 6.93. The molecular weight excluding hydrogens is 255 g/mol. The van der Waals surface area contributed by atoms with Crippen LogP contribution in [0.4, 0.5) is 4.39 Å². The lowest BCUT2D eigenvalue weighted by Gasteiger charge is -2.25. The minimum absolute atomic E-state index is 0.0384. The summed E-state index contributed by atoms with van der Waals surface area (Å²) in [6.07, 6.45) is 3.09. The zero-order chi connectivity index (χ0) is 14.6. The third-order valence-corrected chi connectivity index (χ3v) is 3.77. The van der Waals surface area contributed by atoms with E-state index in [0.29, 0.717) is 6.54 Å². The molecule has 108 valence electrons. The number of carbonyl (C=O) groups is 1. The Morgan fingerprint density at radius 3 is 2.65 bits per heavy atom. The number of carbonyl (C=O) groups excluding carboxylic acids is 1. The summed E-state index contributed by atoms with van der Waals surface area (Å²) in [5.74, 6) is -0.326. The maximum absolute atomic E-state index is 13.0. The summed E-state index contributed by atoms with van der Waals surface area (Å²) in [7, 11) is 0. The molecule has 0 saturated carbocycles. The topological polar surface area (TPSA) is 41.1 Å². The van der Waals surface area contributed by atoms with Crippen molar-refractivity contribution in [3.05, 3.63) is 47.3 Å². The normalized spacial score (nSPS) is 15.7. The summed E-state index contributed by atoms with van der Waals surface area (Å²) in [6, 6.07) is 6.11. The highest BCUT2D eigenvalue weighted by molar-refractivity contribution is 5.87. The fraction of sp³-hybridized carbons (Fsp3) is 0.438. The smallest absolute Gasteiger partial charge is 0.230 e. The molecule has 0 aliphatic carbocycles. The predicted molar refractivity (Wildman–Crippen MR) is 78.0 cm³/mol. The third-order valence-electron chi connectivity index (χ3n) is 3.77. The molecule has 0 atom stereocenters. The monoisotopic (exact) mass is 276 g/mol. The van der Waals surface area contributed by atoms with Crippen molar-refractivity contribution in [2.45, 2.75) is 25.7 Å². The van der Waals surface area contributed by atoms with E-state index in [0.717, 1.165) is 25.1 Å². The Morgan fingerprint density at radius 1 is 1.35 bits per heavy atom. The minimum atomic E-state index is -0.665. The maximum Gasteiger partial charge on any atom is 0.230 e. The summed E-state index contributed by atoms with van der Waals surface area (Å²) in [5.41, 5.74) is 1.41. The van der Waals surface area contributed by atoms with Crippen molar-refractivity contribution in [1.82, 2.24) is 10.6 Å². The average molecular weight is 276 g/mol. The Labute approximate surface area is 119 Å². The first-order chi connectivity index (χ1) is 9.50. The second kappa shape index (κ2) is 6.18. The van der Waals surface area contributed by atoms with Gasteiger partial charge in [-0.25, -0.2) is 4.39 Å². The lowest BCUT2D eigenvalue weighted by Crippen LogP contribution is -2.41. The van der Waals surface area contributed by atoms with Crippen molar-refractivity contribution < 1.29 is 9.18 Å². The molecule has 0 aromatic heterocycles. The van der Waals surface area contributed by atoms with Gasteiger partial charge in [0.1, 0.15) is 5.82 Å². The van der Waals surface area contributed by atoms with Gasteiger partial charge in [-0.3, -0.25) is 4.79 Å². The van der Waals surface area contributed by atoms with Gasteiger partial charge in [0.2, 0.25) is 5.91 Å². The van der Waals surface area contributed by atoms with Crippen LogP contribution in [0.5, 0.6) is 0 Å². The molecule has 1 aromatic rings. The van der Waals surface area contributed by atoms with Crippen molar-refractivity contribution in [2.24, 2.45) is 0 Å². The highest BCUT2D eigenvalue weighted by Gasteiger charge is 2.29. The molecule has 1 aliphatic rings. The van der Waals surface area contributed by atoms with Gasteiger partial charge in [-0.15, -0.1) is 0 Å². The molecule has 4 heteroatoms. The zero-order valence-corrected chi connectivity index (χ0v) is 12.0. The Kier molecular flexibility index (Phi) is 4.55. The van der Waals surface area contributed by atoms with E-state index in [1.165, 1.54) is 17.7 Å². The number of halogens is 1. The fourth-order valence-corrected chi connectivity index (χ4v) is 2.24. The van der Waals surface area contributed by atoms with Crippen molar-refractivity contribution >= 4 is 5.91 Å². The van der Waals surface area contributed by atoms with Crippen LogP contribution in [0.1, 0.15) is 25.8 Å². The number of nitrogens with one attached hydrogen (secondary N) is 2. The number of hydrogen-bond acceptors (Lipinski definition) is 2. The van der Waals surface area contributed by atoms with Gasteiger partial charge in [-0.1, -0.05) is 23.8 Å². The summed E-state index contributed by atoms with van der Waals surface area (Å²) in [6.45, 7) is 6.12. The van der Waals surface area contributed by atoms with E-state index < -0.39 is 5.41 Å². The number of rotatable bonds is 4. The molecule has 2 rings (SSSR count). The summed E-state index contributed by atoms with van der Waals surface area (Å²) >= 11 is 0. The van der Waals surface area contributed by atoms with Gasteiger partial charge >= 0.3 is 0 Å². The first-order valence-electron chi connectivity index (χ1n) is 6.93. The zero-order valence-electron chi connectivity index (χ0n) is 12.0. The Morgan fingerprint density at radius 2 is 2.05 bits per heavy atom. The van der Waals surface area contributed by atoms with Crippen LogP contribution >= 0.6 is 0 Å². The van der Waals surface area contributed by atoms with E-state index >= 15 is 0 Å². The molecule has 0 radical (unpaired) electrons. The molecular formula is C16H21FN2O. The molecule has 0 unspecified atom stereocenters. The summed E-state index contributed by atoms with van der Waals surface area (Å²) in [4.78, 5) is 12.3. The second-order valence-electron chi connectivity index (χ2n) is 5.63. The lowest BCUT2D eigenvalue weighted by atomic mass is 9.83. The standard InChI is InChI=1S/C16H21FN2O/c1-16(2,13-3-5-14(17)6-4-13)15(20)19-11-12-7-9-18-10-8-12/h3-7,18H,8-11H2,1-2H3,(H,19,20). The van der Waals surface area contributed by atoms with Crippen LogP contribution in [-0.2, 0) is 10.2 Å². The van der Waals surface area contributed by atoms with Crippen LogP contribution in [0.25, 0.3) is 0 Å². The quantitative estimate of drug-likeness (QED) is 0.827. The van der Waals surface area contributed by atoms with Crippen LogP contribution in [0, 0.1) is 5.82 Å². The van der Waals surface area contributed by atoms with Gasteiger partial charge in [0.25, 0.3) is 0 Å². The molecule has 1 heterocycles. The van der Waals surface area contributed by atoms with E-state index in [1.54, 1.807) is 12.1 Å². The molecule has 0 saturated heterocycles. The Hall–Kier alpha value is -1.68. The molecule has 0 spiro atoms. The van der Waals surface area contributed by atoms with E-state index in [4.69, 9.17) is 0 Å². The molecule has 1 aromatic carbocycles. The highest BCUT2D eigenvalue weighted by Crippen LogP contribution is 2.23. The highest BCUT2D eigenvalue weighted by atomic mass is 19.1. The van der Waals surface area contributed by atoms with E-state index in [-0.39, 0.29) is 11.7 Å². The molecule has 0 bridgehead atoms. The van der Waals surface area contributed by atoms with Gasteiger partial charge < -0.3 is 10.6 Å². The largest absolute Gasteiger partial charge is 0.352 e. The number of benzene rings is 1. The molecule has 20 heavy (non-hydrogen) atoms. The Balaban J connectivity index is 1.99. The molecule has 3 nitrogen and oxygen atoms in total. The third kappa shape index (κ3) is 3.45. The van der Waals surface area contributed by atoms with Crippen LogP contribution < -0.4 is 10.6 Å². The van der Waals surface area contributed by atoms with Crippen molar-refractivity contribution in [2.75, 3.05) is 19.6 Å². The van der Waals surface area contributed by atoms with Crippen LogP contribution in [0.3, 0.4) is 0 Å². The summed E-state index contributed by atoms with van der Waals surface area (Å²) < 4.78 is 13.0. The first kappa shape index (κ1) is 14.7. The van der Waals surface area contributed by atoms with Crippen LogP contribution in [-0.4, -0.2) is 25.5 Å². The van der Waals surface area contributed by atoms with E-state index in [2.05, 4.69) is 16.7 Å². The predicted octanol–water partition coefficient (Wildman–Crippen LogP) is 2.14. The maximum atomic E-state index is 13.0. The van der Waals surface area contributed by atoms with Crippen molar-refractivity contribution in [3.63, 3.8) is 0 Å². The summed E-state index contributed by atoms with van der Waals surface area (Å²) in [5, 5.41) is 6.22. The number of hydrogen-bond donors (Lipinski definition) is 2. The fourth-order valence-electron chi connectivity index (χ4n) is 2.24. The van der Waals surface area contributed by atoms with Crippen molar-refractivity contribution in [3.8, 4) is 0 Å². The van der Waals surface area contributed by atoms with Crippen molar-refractivity contribution in [1.29, 1.82) is 0 Å². The average Bonchev–Trinajstić information content (AvgIpc) is 2.46. The van der Waals surface area contributed by atoms with Gasteiger partial charge in [-0.2, -0.15) is 0 Å². The van der Waals surface area contributed by atoms with E-state index in [1.807, 2.05) is 13.8 Å². The second-order valence-corrected chi connectivity index (χ2v) is 5.63. The lowest BCUT2D eigenvalue weighted by molar-refractivity contribution is -0.125. The molecule has 1 aliphatic heterocycles.